The van der Waals surface area contributed by atoms with Crippen molar-refractivity contribution >= 4 is 11.7 Å². The maximum absolute atomic E-state index is 12.0. The Morgan fingerprint density at radius 1 is 1.35 bits per heavy atom. The first-order valence-electron chi connectivity index (χ1n) is 6.12. The van der Waals surface area contributed by atoms with E-state index in [2.05, 4.69) is 15.3 Å². The van der Waals surface area contributed by atoms with E-state index in [1.807, 2.05) is 13.8 Å². The lowest BCUT2D eigenvalue weighted by Crippen LogP contribution is -2.31. The van der Waals surface area contributed by atoms with Crippen molar-refractivity contribution in [1.29, 1.82) is 0 Å². The molecule has 0 spiro atoms. The molecule has 1 amide bonds. The quantitative estimate of drug-likeness (QED) is 0.839. The first kappa shape index (κ1) is 11.8. The Morgan fingerprint density at radius 2 is 2.06 bits per heavy atom. The molecular formula is C12H18N4O. The van der Waals surface area contributed by atoms with Gasteiger partial charge in [0.1, 0.15) is 11.5 Å². The molecule has 0 unspecified atom stereocenters. The van der Waals surface area contributed by atoms with E-state index in [0.717, 1.165) is 5.82 Å². The molecular weight excluding hydrogens is 216 g/mol. The molecule has 0 bridgehead atoms. The number of aromatic nitrogens is 2. The number of carbonyl (C=O) groups is 1. The predicted molar refractivity (Wildman–Crippen MR) is 65.9 cm³/mol. The third-order valence-electron chi connectivity index (χ3n) is 2.85. The van der Waals surface area contributed by atoms with Crippen molar-refractivity contribution < 1.29 is 4.79 Å². The van der Waals surface area contributed by atoms with Gasteiger partial charge in [0.05, 0.1) is 12.4 Å². The van der Waals surface area contributed by atoms with Crippen LogP contribution in [0.4, 0.5) is 5.82 Å². The van der Waals surface area contributed by atoms with Gasteiger partial charge in [-0.3, -0.25) is 4.79 Å². The zero-order valence-corrected chi connectivity index (χ0v) is 10.3. The average molecular weight is 234 g/mol. The Hall–Kier alpha value is -1.65. The van der Waals surface area contributed by atoms with E-state index in [0.29, 0.717) is 24.8 Å². The number of nitrogens with one attached hydrogen (secondary N) is 1. The summed E-state index contributed by atoms with van der Waals surface area (Å²) >= 11 is 0. The van der Waals surface area contributed by atoms with Crippen LogP contribution >= 0.6 is 0 Å². The van der Waals surface area contributed by atoms with E-state index in [1.54, 1.807) is 17.3 Å². The Morgan fingerprint density at radius 3 is 2.53 bits per heavy atom. The zero-order valence-electron chi connectivity index (χ0n) is 10.3. The lowest BCUT2D eigenvalue weighted by Gasteiger charge is -2.17. The molecule has 1 aromatic rings. The van der Waals surface area contributed by atoms with Crippen molar-refractivity contribution in [1.82, 2.24) is 14.9 Å². The minimum Gasteiger partial charge on any atom is -0.366 e. The van der Waals surface area contributed by atoms with Crippen molar-refractivity contribution in [3.63, 3.8) is 0 Å². The number of rotatable bonds is 5. The molecule has 17 heavy (non-hydrogen) atoms. The number of hydrogen-bond donors (Lipinski definition) is 1. The van der Waals surface area contributed by atoms with Crippen LogP contribution in [-0.2, 0) is 0 Å². The van der Waals surface area contributed by atoms with Gasteiger partial charge < -0.3 is 10.2 Å². The van der Waals surface area contributed by atoms with Gasteiger partial charge in [0.15, 0.2) is 0 Å². The summed E-state index contributed by atoms with van der Waals surface area (Å²) in [5, 5.41) is 3.24. The third-order valence-corrected chi connectivity index (χ3v) is 2.85. The van der Waals surface area contributed by atoms with E-state index in [4.69, 9.17) is 0 Å². The number of hydrogen-bond acceptors (Lipinski definition) is 4. The molecule has 1 aliphatic rings. The van der Waals surface area contributed by atoms with E-state index in [9.17, 15) is 4.79 Å². The fraction of sp³-hybridized carbons (Fsp3) is 0.583. The van der Waals surface area contributed by atoms with Crippen molar-refractivity contribution in [2.24, 2.45) is 0 Å². The molecule has 1 N–H and O–H groups in total. The van der Waals surface area contributed by atoms with Gasteiger partial charge >= 0.3 is 0 Å². The topological polar surface area (TPSA) is 58.1 Å². The minimum absolute atomic E-state index is 0.0551. The van der Waals surface area contributed by atoms with Gasteiger partial charge in [0.25, 0.3) is 5.91 Å². The number of anilines is 1. The molecule has 1 aromatic heterocycles. The van der Waals surface area contributed by atoms with Gasteiger partial charge in [-0.15, -0.1) is 0 Å². The fourth-order valence-electron chi connectivity index (χ4n) is 1.62. The maximum atomic E-state index is 12.0. The summed E-state index contributed by atoms with van der Waals surface area (Å²) < 4.78 is 0. The molecule has 0 radical (unpaired) electrons. The molecule has 0 aromatic carbocycles. The molecule has 1 aliphatic carbocycles. The molecule has 2 rings (SSSR count). The second-order valence-electron chi connectivity index (χ2n) is 4.18. The lowest BCUT2D eigenvalue weighted by atomic mass is 10.3. The highest BCUT2D eigenvalue weighted by Gasteiger charge is 2.21. The van der Waals surface area contributed by atoms with Crippen LogP contribution < -0.4 is 5.32 Å². The van der Waals surface area contributed by atoms with E-state index in [1.165, 1.54) is 12.8 Å². The van der Waals surface area contributed by atoms with E-state index < -0.39 is 0 Å². The first-order valence-corrected chi connectivity index (χ1v) is 6.12. The van der Waals surface area contributed by atoms with Crippen molar-refractivity contribution in [2.45, 2.75) is 32.7 Å². The van der Waals surface area contributed by atoms with E-state index >= 15 is 0 Å². The van der Waals surface area contributed by atoms with Gasteiger partial charge in [-0.05, 0) is 26.7 Å². The summed E-state index contributed by atoms with van der Waals surface area (Å²) in [5.41, 5.74) is 0.412. The summed E-state index contributed by atoms with van der Waals surface area (Å²) in [6.07, 6.45) is 5.57. The Bertz CT molecular complexity index is 382. The Balaban J connectivity index is 2.02. The molecule has 0 aliphatic heterocycles. The number of carbonyl (C=O) groups excluding carboxylic acids is 1. The van der Waals surface area contributed by atoms with Crippen LogP contribution in [0.15, 0.2) is 12.4 Å². The van der Waals surface area contributed by atoms with Crippen LogP contribution in [-0.4, -0.2) is 39.9 Å². The summed E-state index contributed by atoms with van der Waals surface area (Å²) in [4.78, 5) is 22.1. The van der Waals surface area contributed by atoms with Gasteiger partial charge in [-0.2, -0.15) is 0 Å². The van der Waals surface area contributed by atoms with Crippen LogP contribution in [0.2, 0.25) is 0 Å². The molecule has 5 heteroatoms. The van der Waals surface area contributed by atoms with Crippen LogP contribution in [0.1, 0.15) is 37.2 Å². The summed E-state index contributed by atoms with van der Waals surface area (Å²) in [7, 11) is 0. The molecule has 1 fully saturated rings. The summed E-state index contributed by atoms with van der Waals surface area (Å²) in [6.45, 7) is 5.30. The van der Waals surface area contributed by atoms with Gasteiger partial charge in [0, 0.05) is 19.1 Å². The van der Waals surface area contributed by atoms with Crippen LogP contribution in [0.3, 0.4) is 0 Å². The third kappa shape index (κ3) is 2.93. The lowest BCUT2D eigenvalue weighted by molar-refractivity contribution is 0.0766. The maximum Gasteiger partial charge on any atom is 0.274 e. The van der Waals surface area contributed by atoms with Gasteiger partial charge in [0.2, 0.25) is 0 Å². The molecule has 5 nitrogen and oxygen atoms in total. The SMILES string of the molecule is CCN(CC)C(=O)c1cnc(NC2CC2)cn1. The monoisotopic (exact) mass is 234 g/mol. The zero-order chi connectivity index (χ0) is 12.3. The Kier molecular flexibility index (Phi) is 3.56. The summed E-state index contributed by atoms with van der Waals surface area (Å²) in [5.74, 6) is 0.698. The van der Waals surface area contributed by atoms with Crippen molar-refractivity contribution in [2.75, 3.05) is 18.4 Å². The van der Waals surface area contributed by atoms with Crippen molar-refractivity contribution in [3.8, 4) is 0 Å². The molecule has 92 valence electrons. The van der Waals surface area contributed by atoms with Crippen LogP contribution in [0.25, 0.3) is 0 Å². The van der Waals surface area contributed by atoms with Crippen molar-refractivity contribution in [3.05, 3.63) is 18.1 Å². The minimum atomic E-state index is -0.0551. The molecule has 0 atom stereocenters. The smallest absolute Gasteiger partial charge is 0.274 e. The fourth-order valence-corrected chi connectivity index (χ4v) is 1.62. The normalized spacial score (nSPS) is 14.5. The predicted octanol–water partition coefficient (Wildman–Crippen LogP) is 1.53. The highest BCUT2D eigenvalue weighted by Crippen LogP contribution is 2.23. The molecule has 1 heterocycles. The highest BCUT2D eigenvalue weighted by molar-refractivity contribution is 5.92. The second-order valence-corrected chi connectivity index (χ2v) is 4.18. The van der Waals surface area contributed by atoms with E-state index in [-0.39, 0.29) is 5.91 Å². The van der Waals surface area contributed by atoms with Crippen LogP contribution in [0, 0.1) is 0 Å². The average Bonchev–Trinajstić information content (AvgIpc) is 3.15. The number of nitrogens with zero attached hydrogens (tertiary/aromatic N) is 3. The van der Waals surface area contributed by atoms with Gasteiger partial charge in [-0.1, -0.05) is 0 Å². The first-order chi connectivity index (χ1) is 8.24. The van der Waals surface area contributed by atoms with Gasteiger partial charge in [-0.25, -0.2) is 9.97 Å². The molecule has 1 saturated carbocycles. The van der Waals surface area contributed by atoms with Crippen LogP contribution in [0.5, 0.6) is 0 Å². The molecule has 0 saturated heterocycles. The standard InChI is InChI=1S/C12H18N4O/c1-3-16(4-2)12(17)10-7-14-11(8-13-10)15-9-5-6-9/h7-9H,3-6H2,1-2H3,(H,14,15). The largest absolute Gasteiger partial charge is 0.366 e. The Labute approximate surface area is 101 Å². The highest BCUT2D eigenvalue weighted by atomic mass is 16.2. The second kappa shape index (κ2) is 5.12. The summed E-state index contributed by atoms with van der Waals surface area (Å²) in [6, 6.07) is 0.550. The number of amides is 1.